The number of aromatic nitrogens is 6. The molecule has 0 radical (unpaired) electrons. The first kappa shape index (κ1) is 95.3. The fraction of sp³-hybridized carbons (Fsp3) is 0.370. The second kappa shape index (κ2) is 40.0. The van der Waals surface area contributed by atoms with Crippen LogP contribution in [0.4, 0.5) is 35.9 Å². The molecule has 12 aromatic rings. The van der Waals surface area contributed by atoms with E-state index in [9.17, 15) is 63.7 Å². The van der Waals surface area contributed by atoms with Gasteiger partial charge in [-0.1, -0.05) is 31.2 Å². The number of rotatable bonds is 22. The Balaban J connectivity index is 0.000000146. The number of nitrogens with zero attached hydrogens (tertiary/aromatic N) is 11. The van der Waals surface area contributed by atoms with E-state index in [1.807, 2.05) is 131 Å². The lowest BCUT2D eigenvalue weighted by Gasteiger charge is -2.33. The normalized spacial score (nSPS) is 16.3. The van der Waals surface area contributed by atoms with Gasteiger partial charge in [0.05, 0.1) is 33.3 Å². The molecule has 36 heteroatoms. The number of hydrogen-bond donors (Lipinski definition) is 4. The highest BCUT2D eigenvalue weighted by atomic mass is 32.2. The maximum absolute atomic E-state index is 12.6. The van der Waals surface area contributed by atoms with E-state index < -0.39 is 71.9 Å². The Hall–Kier alpha value is -10.3. The van der Waals surface area contributed by atoms with Crippen LogP contribution in [0.5, 0.6) is 0 Å². The molecule has 16 rings (SSSR count). The van der Waals surface area contributed by atoms with Crippen molar-refractivity contribution in [1.82, 2.24) is 51.4 Å². The zero-order valence-electron chi connectivity index (χ0n) is 73.1. The molecule has 6 aromatic heterocycles. The monoisotopic (exact) mass is 1860 g/mol. The zero-order chi connectivity index (χ0) is 91.8. The molecule has 4 aliphatic rings. The third-order valence-electron chi connectivity index (χ3n) is 23.4. The lowest BCUT2D eigenvalue weighted by atomic mass is 9.99. The van der Waals surface area contributed by atoms with Crippen LogP contribution in [0.3, 0.4) is 0 Å². The second-order valence-electron chi connectivity index (χ2n) is 33.3. The SMILES string of the molecule is CCS(=O)(=O)c1ccc(-c2cc(NC3CCN(S(C)(=O)=O)CC3)c3cnccc3c2)cc1.CN(C)S(=O)(=O)c1ccc(-c2cc(NC3CCN(S(C)(=O)=O)CC3)c3cnccc3c2)cc1.Cc1cc(-c2cc(NC3CCN(S(=O)(=O)C(C)C)CC3)c3cnccc3c2)ccn1.Cc1cc(-c2cc(NC3CCN(S(=O)(=O)CC(F)(F)F)CC3)c3cnccc3c2)cc(C)n1. The van der Waals surface area contributed by atoms with E-state index in [4.69, 9.17) is 0 Å². The highest BCUT2D eigenvalue weighted by Crippen LogP contribution is 2.39. The van der Waals surface area contributed by atoms with E-state index in [2.05, 4.69) is 93.6 Å². The number of aryl methyl sites for hydroxylation is 3. The van der Waals surface area contributed by atoms with Gasteiger partial charge in [0.2, 0.25) is 50.1 Å². The van der Waals surface area contributed by atoms with E-state index in [1.165, 1.54) is 39.5 Å². The van der Waals surface area contributed by atoms with Crippen molar-refractivity contribution in [2.45, 2.75) is 138 Å². The molecule has 0 unspecified atom stereocenters. The number of anilines is 4. The zero-order valence-corrected chi connectivity index (χ0v) is 78.0. The molecule has 10 heterocycles. The van der Waals surface area contributed by atoms with Gasteiger partial charge in [0, 0.05) is 208 Å². The Kier molecular flexibility index (Phi) is 29.8. The summed E-state index contributed by atoms with van der Waals surface area (Å²) < 4.78 is 190. The summed E-state index contributed by atoms with van der Waals surface area (Å²) in [5, 5.41) is 22.1. The van der Waals surface area contributed by atoms with Crippen molar-refractivity contribution < 1.29 is 63.7 Å². The topological polar surface area (TPSA) is 346 Å². The quantitative estimate of drug-likeness (QED) is 0.0489. The van der Waals surface area contributed by atoms with E-state index in [0.717, 1.165) is 170 Å². The van der Waals surface area contributed by atoms with Gasteiger partial charge in [0.25, 0.3) is 0 Å². The fourth-order valence-corrected chi connectivity index (χ4v) is 22.6. The molecule has 4 fully saturated rings. The first-order valence-corrected chi connectivity index (χ1v) is 52.2. The maximum Gasteiger partial charge on any atom is 0.404 e. The predicted molar refractivity (Wildman–Crippen MR) is 504 cm³/mol. The molecule has 0 spiro atoms. The largest absolute Gasteiger partial charge is 0.404 e. The molecular weight excluding hydrogens is 1760 g/mol. The summed E-state index contributed by atoms with van der Waals surface area (Å²) in [5.41, 5.74) is 14.6. The average molecular weight is 1870 g/mol. The molecule has 4 saturated heterocycles. The van der Waals surface area contributed by atoms with Crippen molar-refractivity contribution in [3.05, 3.63) is 218 Å². The van der Waals surface area contributed by atoms with Crippen LogP contribution >= 0.6 is 0 Å². The predicted octanol–water partition coefficient (Wildman–Crippen LogP) is 15.4. The number of fused-ring (bicyclic) bond motifs is 4. The number of halogens is 3. The van der Waals surface area contributed by atoms with Crippen molar-refractivity contribution in [3.8, 4) is 44.5 Å². The fourth-order valence-electron chi connectivity index (χ4n) is 16.4. The molecule has 27 nitrogen and oxygen atoms in total. The van der Waals surface area contributed by atoms with Crippen molar-refractivity contribution in [3.63, 3.8) is 0 Å². The summed E-state index contributed by atoms with van der Waals surface area (Å²) >= 11 is 0. The van der Waals surface area contributed by atoms with Gasteiger partial charge in [-0.05, 0) is 273 Å². The molecular formula is C92H108F3N15O12S6. The van der Waals surface area contributed by atoms with Crippen molar-refractivity contribution >= 4 is 126 Å². The Morgan fingerprint density at radius 3 is 1.02 bits per heavy atom. The Morgan fingerprint density at radius 1 is 0.391 bits per heavy atom. The molecule has 680 valence electrons. The average Bonchev–Trinajstić information content (AvgIpc) is 0.794. The highest BCUT2D eigenvalue weighted by Gasteiger charge is 2.40. The lowest BCUT2D eigenvalue weighted by Crippen LogP contribution is -2.45. The van der Waals surface area contributed by atoms with Gasteiger partial charge in [-0.25, -0.2) is 72.0 Å². The van der Waals surface area contributed by atoms with Gasteiger partial charge in [0.15, 0.2) is 15.6 Å². The van der Waals surface area contributed by atoms with Gasteiger partial charge in [-0.3, -0.25) is 29.9 Å². The second-order valence-corrected chi connectivity index (χ2v) is 46.2. The van der Waals surface area contributed by atoms with Crippen LogP contribution in [0.25, 0.3) is 87.6 Å². The summed E-state index contributed by atoms with van der Waals surface area (Å²) in [6, 6.07) is 47.0. The number of sulfone groups is 1. The first-order valence-electron chi connectivity index (χ1n) is 42.3. The van der Waals surface area contributed by atoms with Crippen molar-refractivity contribution in [2.75, 3.05) is 112 Å². The summed E-state index contributed by atoms with van der Waals surface area (Å²) in [4.78, 5) is 26.4. The molecule has 0 amide bonds. The minimum absolute atomic E-state index is 0.0503. The third kappa shape index (κ3) is 23.9. The highest BCUT2D eigenvalue weighted by molar-refractivity contribution is 7.91. The minimum Gasteiger partial charge on any atom is -0.382 e. The number of pyridine rings is 6. The number of hydrogen-bond acceptors (Lipinski definition) is 22. The molecule has 4 N–H and O–H groups in total. The molecule has 128 heavy (non-hydrogen) atoms. The van der Waals surface area contributed by atoms with Crippen LogP contribution in [0.15, 0.2) is 211 Å². The Bertz CT molecular complexity index is 6720. The van der Waals surface area contributed by atoms with Crippen LogP contribution in [0.1, 0.15) is 89.2 Å². The number of piperidine rings is 4. The van der Waals surface area contributed by atoms with Crippen LogP contribution < -0.4 is 21.3 Å². The van der Waals surface area contributed by atoms with Crippen molar-refractivity contribution in [1.29, 1.82) is 0 Å². The first-order chi connectivity index (χ1) is 60.6. The van der Waals surface area contributed by atoms with E-state index in [0.29, 0.717) is 57.0 Å². The van der Waals surface area contributed by atoms with Gasteiger partial charge in [-0.15, -0.1) is 0 Å². The Labute approximate surface area is 748 Å². The molecule has 0 bridgehead atoms. The minimum atomic E-state index is -4.75. The number of alkyl halides is 3. The summed E-state index contributed by atoms with van der Waals surface area (Å²) in [6.07, 6.45) is 19.2. The van der Waals surface area contributed by atoms with E-state index >= 15 is 0 Å². The summed E-state index contributed by atoms with van der Waals surface area (Å²) in [5.74, 6) is -1.75. The third-order valence-corrected chi connectivity index (χ3v) is 33.8. The number of benzene rings is 6. The number of sulfonamides is 5. The lowest BCUT2D eigenvalue weighted by molar-refractivity contribution is -0.107. The molecule has 0 atom stereocenters. The standard InChI is InChI=1S/C23H25F3N4O2S.C23H28N4O4S2.C23H28N4O2S.C23H27N3O4S2/c1-15-9-18(10-16(2)28-15)19-11-17-3-6-27-13-21(17)22(12-19)29-20-4-7-30(8-5-20)33(31,32)14-23(24,25)26;1-26(2)33(30,31)21-6-4-17(5-7-21)19-14-18-8-11-24-16-22(18)23(15-19)25-20-9-12-27(13-10-20)32(3,28)29;1-16(2)30(28,29)27-10-6-21(7-11-27)26-23-14-20(18-5-9-25-17(3)12-18)13-19-4-8-24-15-22(19)23;1-3-32(29,30)21-6-4-17(5-7-21)19-14-18-8-11-24-16-22(18)23(15-19)25-20-9-12-26(13-10-20)31(2,27)28/h3,6,9-13,20,29H,4-5,7-8,14H2,1-2H3;4-8,11,14-16,20,25H,9-10,12-13H2,1-3H3;4-5,8-9,12-16,21,26H,6-7,10-11H2,1-3H3;4-8,11,14-16,20,25H,3,9-10,12-13H2,1-2H3. The summed E-state index contributed by atoms with van der Waals surface area (Å²) in [6.45, 7) is 14.2. The van der Waals surface area contributed by atoms with E-state index in [1.54, 1.807) is 74.1 Å². The molecule has 0 saturated carbocycles. The van der Waals surface area contributed by atoms with Crippen LogP contribution in [-0.2, 0) is 60.0 Å². The molecule has 0 aliphatic carbocycles. The van der Waals surface area contributed by atoms with Crippen LogP contribution in [0, 0.1) is 20.8 Å². The van der Waals surface area contributed by atoms with Gasteiger partial charge >= 0.3 is 6.18 Å². The van der Waals surface area contributed by atoms with Crippen LogP contribution in [0.2, 0.25) is 0 Å². The van der Waals surface area contributed by atoms with Gasteiger partial charge in [0.1, 0.15) is 0 Å². The molecule has 4 aliphatic heterocycles. The Morgan fingerprint density at radius 2 is 0.703 bits per heavy atom. The number of nitrogens with one attached hydrogen (secondary N) is 4. The summed E-state index contributed by atoms with van der Waals surface area (Å²) in [7, 11) is -17.6. The van der Waals surface area contributed by atoms with Crippen LogP contribution in [-0.4, -0.2) is 228 Å². The van der Waals surface area contributed by atoms with E-state index in [-0.39, 0.29) is 53.2 Å². The maximum atomic E-state index is 12.6. The van der Waals surface area contributed by atoms with Crippen molar-refractivity contribution in [2.24, 2.45) is 0 Å². The van der Waals surface area contributed by atoms with Gasteiger partial charge < -0.3 is 21.3 Å². The van der Waals surface area contributed by atoms with Gasteiger partial charge in [-0.2, -0.15) is 13.2 Å². The smallest absolute Gasteiger partial charge is 0.382 e. The molecule has 6 aromatic carbocycles.